The summed E-state index contributed by atoms with van der Waals surface area (Å²) in [7, 11) is -3.47. The van der Waals surface area contributed by atoms with Crippen LogP contribution in [0.2, 0.25) is 0 Å². The highest BCUT2D eigenvalue weighted by atomic mass is 32.2. The van der Waals surface area contributed by atoms with Crippen LogP contribution >= 0.6 is 0 Å². The van der Waals surface area contributed by atoms with Crippen LogP contribution in [0.4, 0.5) is 15.8 Å². The largest absolute Gasteiger partial charge is 0.382 e. The Kier molecular flexibility index (Phi) is 3.99. The monoisotopic (exact) mass is 286 g/mol. The molecule has 0 aliphatic heterocycles. The SMILES string of the molecule is CCC(Nc1ccc(F)c(NS(C)(=O)=O)c1)C1CC1. The number of halogens is 1. The lowest BCUT2D eigenvalue weighted by Gasteiger charge is -2.18. The molecule has 1 fully saturated rings. The molecule has 0 spiro atoms. The van der Waals surface area contributed by atoms with Crippen molar-refractivity contribution >= 4 is 21.4 Å². The van der Waals surface area contributed by atoms with E-state index in [2.05, 4.69) is 17.0 Å². The van der Waals surface area contributed by atoms with Crippen molar-refractivity contribution in [1.82, 2.24) is 0 Å². The highest BCUT2D eigenvalue weighted by molar-refractivity contribution is 7.92. The number of hydrogen-bond acceptors (Lipinski definition) is 3. The molecule has 2 N–H and O–H groups in total. The van der Waals surface area contributed by atoms with E-state index in [9.17, 15) is 12.8 Å². The lowest BCUT2D eigenvalue weighted by molar-refractivity contribution is 0.603. The first-order chi connectivity index (χ1) is 8.89. The van der Waals surface area contributed by atoms with Crippen LogP contribution in [0, 0.1) is 11.7 Å². The molecule has 0 heterocycles. The summed E-state index contributed by atoms with van der Waals surface area (Å²) in [6.45, 7) is 2.11. The molecule has 0 amide bonds. The Bertz CT molecular complexity index is 556. The molecule has 2 rings (SSSR count). The van der Waals surface area contributed by atoms with Crippen LogP contribution in [0.25, 0.3) is 0 Å². The summed E-state index contributed by atoms with van der Waals surface area (Å²) in [6, 6.07) is 4.78. The molecule has 0 saturated heterocycles. The molecule has 19 heavy (non-hydrogen) atoms. The van der Waals surface area contributed by atoms with Gasteiger partial charge in [0.2, 0.25) is 10.0 Å². The Morgan fingerprint density at radius 2 is 2.11 bits per heavy atom. The van der Waals surface area contributed by atoms with Gasteiger partial charge in [0.25, 0.3) is 0 Å². The Morgan fingerprint density at radius 3 is 2.63 bits per heavy atom. The molecule has 106 valence electrons. The molecule has 1 unspecified atom stereocenters. The van der Waals surface area contributed by atoms with Gasteiger partial charge in [-0.2, -0.15) is 0 Å². The van der Waals surface area contributed by atoms with Crippen molar-refractivity contribution in [1.29, 1.82) is 0 Å². The fraction of sp³-hybridized carbons (Fsp3) is 0.538. The van der Waals surface area contributed by atoms with Crippen LogP contribution in [0.3, 0.4) is 0 Å². The zero-order valence-electron chi connectivity index (χ0n) is 11.1. The first kappa shape index (κ1) is 14.1. The molecular formula is C13H19FN2O2S. The first-order valence-electron chi connectivity index (χ1n) is 6.43. The number of benzene rings is 1. The normalized spacial score (nSPS) is 17.0. The summed E-state index contributed by atoms with van der Waals surface area (Å²) in [5.41, 5.74) is 0.726. The predicted octanol–water partition coefficient (Wildman–Crippen LogP) is 2.80. The third-order valence-corrected chi connectivity index (χ3v) is 3.84. The highest BCUT2D eigenvalue weighted by Gasteiger charge is 2.29. The maximum Gasteiger partial charge on any atom is 0.229 e. The molecule has 4 nitrogen and oxygen atoms in total. The van der Waals surface area contributed by atoms with E-state index in [0.717, 1.165) is 18.4 Å². The quantitative estimate of drug-likeness (QED) is 0.845. The molecule has 6 heteroatoms. The van der Waals surface area contributed by atoms with Gasteiger partial charge in [-0.05, 0) is 43.4 Å². The van der Waals surface area contributed by atoms with Crippen LogP contribution in [0.1, 0.15) is 26.2 Å². The second-order valence-electron chi connectivity index (χ2n) is 5.07. The van der Waals surface area contributed by atoms with Gasteiger partial charge < -0.3 is 5.32 Å². The number of nitrogens with one attached hydrogen (secondary N) is 2. The van der Waals surface area contributed by atoms with E-state index in [1.54, 1.807) is 6.07 Å². The van der Waals surface area contributed by atoms with Crippen molar-refractivity contribution < 1.29 is 12.8 Å². The Hall–Kier alpha value is -1.30. The molecule has 0 radical (unpaired) electrons. The van der Waals surface area contributed by atoms with Crippen LogP contribution in [0.15, 0.2) is 18.2 Å². The van der Waals surface area contributed by atoms with Crippen molar-refractivity contribution in [3.8, 4) is 0 Å². The zero-order chi connectivity index (χ0) is 14.0. The van der Waals surface area contributed by atoms with Crippen molar-refractivity contribution in [2.75, 3.05) is 16.3 Å². The average Bonchev–Trinajstić information content (AvgIpc) is 3.12. The lowest BCUT2D eigenvalue weighted by atomic mass is 10.1. The van der Waals surface area contributed by atoms with Crippen molar-refractivity contribution in [2.45, 2.75) is 32.2 Å². The third-order valence-electron chi connectivity index (χ3n) is 3.24. The molecule has 0 bridgehead atoms. The minimum Gasteiger partial charge on any atom is -0.382 e. The maximum atomic E-state index is 13.5. The zero-order valence-corrected chi connectivity index (χ0v) is 11.9. The van der Waals surface area contributed by atoms with Crippen LogP contribution in [-0.4, -0.2) is 20.7 Å². The van der Waals surface area contributed by atoms with E-state index in [1.807, 2.05) is 0 Å². The minimum absolute atomic E-state index is 0.0156. The van der Waals surface area contributed by atoms with E-state index < -0.39 is 15.8 Å². The molecular weight excluding hydrogens is 267 g/mol. The van der Waals surface area contributed by atoms with Gasteiger partial charge in [-0.1, -0.05) is 6.92 Å². The van der Waals surface area contributed by atoms with Crippen molar-refractivity contribution in [2.24, 2.45) is 5.92 Å². The van der Waals surface area contributed by atoms with Crippen LogP contribution in [-0.2, 0) is 10.0 Å². The second-order valence-corrected chi connectivity index (χ2v) is 6.81. The van der Waals surface area contributed by atoms with E-state index >= 15 is 0 Å². The number of anilines is 2. The molecule has 1 aliphatic rings. The molecule has 1 aromatic rings. The van der Waals surface area contributed by atoms with Gasteiger partial charge in [-0.25, -0.2) is 12.8 Å². The average molecular weight is 286 g/mol. The van der Waals surface area contributed by atoms with E-state index in [-0.39, 0.29) is 5.69 Å². The summed E-state index contributed by atoms with van der Waals surface area (Å²) in [5.74, 6) is 0.108. The van der Waals surface area contributed by atoms with Gasteiger partial charge in [0.05, 0.1) is 11.9 Å². The lowest BCUT2D eigenvalue weighted by Crippen LogP contribution is -2.21. The number of rotatable bonds is 6. The Labute approximate surface area is 113 Å². The molecule has 1 aliphatic carbocycles. The number of sulfonamides is 1. The van der Waals surface area contributed by atoms with Gasteiger partial charge in [-0.15, -0.1) is 0 Å². The Morgan fingerprint density at radius 1 is 1.42 bits per heavy atom. The smallest absolute Gasteiger partial charge is 0.229 e. The summed E-state index contributed by atoms with van der Waals surface area (Å²) in [6.07, 6.45) is 4.45. The van der Waals surface area contributed by atoms with Gasteiger partial charge in [0, 0.05) is 11.7 Å². The minimum atomic E-state index is -3.47. The fourth-order valence-corrected chi connectivity index (χ4v) is 2.71. The van der Waals surface area contributed by atoms with Gasteiger partial charge in [0.1, 0.15) is 5.82 Å². The van der Waals surface area contributed by atoms with Crippen LogP contribution < -0.4 is 10.0 Å². The number of hydrogen-bond donors (Lipinski definition) is 2. The molecule has 1 atom stereocenters. The second kappa shape index (κ2) is 5.36. The first-order valence-corrected chi connectivity index (χ1v) is 8.32. The van der Waals surface area contributed by atoms with Crippen molar-refractivity contribution in [3.63, 3.8) is 0 Å². The third kappa shape index (κ3) is 4.09. The predicted molar refractivity (Wildman–Crippen MR) is 75.3 cm³/mol. The maximum absolute atomic E-state index is 13.5. The standard InChI is InChI=1S/C13H19FN2O2S/c1-3-12(9-4-5-9)15-10-6-7-11(14)13(8-10)16-19(2,17)18/h6-9,12,15-16H,3-5H2,1-2H3. The summed E-state index contributed by atoms with van der Waals surface area (Å²) >= 11 is 0. The molecule has 0 aromatic heterocycles. The van der Waals surface area contributed by atoms with E-state index in [0.29, 0.717) is 12.0 Å². The summed E-state index contributed by atoms with van der Waals surface area (Å²) in [5, 5.41) is 3.34. The van der Waals surface area contributed by atoms with Crippen molar-refractivity contribution in [3.05, 3.63) is 24.0 Å². The summed E-state index contributed by atoms with van der Waals surface area (Å²) in [4.78, 5) is 0. The molecule has 1 saturated carbocycles. The van der Waals surface area contributed by atoms with Crippen LogP contribution in [0.5, 0.6) is 0 Å². The fourth-order valence-electron chi connectivity index (χ4n) is 2.16. The Balaban J connectivity index is 2.15. The van der Waals surface area contributed by atoms with Gasteiger partial charge >= 0.3 is 0 Å². The van der Waals surface area contributed by atoms with Gasteiger partial charge in [0.15, 0.2) is 0 Å². The topological polar surface area (TPSA) is 58.2 Å². The highest BCUT2D eigenvalue weighted by Crippen LogP contribution is 2.36. The molecule has 1 aromatic carbocycles. The van der Waals surface area contributed by atoms with E-state index in [4.69, 9.17) is 0 Å². The van der Waals surface area contributed by atoms with Gasteiger partial charge in [-0.3, -0.25) is 4.72 Å². The van der Waals surface area contributed by atoms with E-state index in [1.165, 1.54) is 25.0 Å². The summed E-state index contributed by atoms with van der Waals surface area (Å²) < 4.78 is 38.0.